The molecule has 1 heterocycles. The van der Waals surface area contributed by atoms with E-state index in [1.807, 2.05) is 31.2 Å². The molecule has 108 valence electrons. The van der Waals surface area contributed by atoms with Crippen LogP contribution in [0.15, 0.2) is 53.7 Å². The summed E-state index contributed by atoms with van der Waals surface area (Å²) < 4.78 is 5.51. The van der Waals surface area contributed by atoms with E-state index in [0.717, 1.165) is 34.1 Å². The average Bonchev–Trinajstić information content (AvgIpc) is 2.91. The van der Waals surface area contributed by atoms with Gasteiger partial charge in [0.2, 0.25) is 0 Å². The van der Waals surface area contributed by atoms with Crippen molar-refractivity contribution in [2.75, 3.05) is 12.4 Å². The van der Waals surface area contributed by atoms with Crippen LogP contribution < -0.4 is 4.74 Å². The van der Waals surface area contributed by atoms with Crippen LogP contribution in [-0.2, 0) is 6.42 Å². The topological polar surface area (TPSA) is 37.9 Å². The summed E-state index contributed by atoms with van der Waals surface area (Å²) in [6.07, 6.45) is 1.05. The smallest absolute Gasteiger partial charge is 0.166 e. The van der Waals surface area contributed by atoms with Crippen LogP contribution >= 0.6 is 11.8 Å². The Hall–Kier alpha value is -1.94. The Morgan fingerprint density at radius 1 is 1.14 bits per heavy atom. The second-order valence-corrected chi connectivity index (χ2v) is 5.82. The molecular formula is C17H18N2OS. The van der Waals surface area contributed by atoms with Gasteiger partial charge in [-0.3, -0.25) is 0 Å². The third-order valence-corrected chi connectivity index (χ3v) is 4.09. The lowest BCUT2D eigenvalue weighted by molar-refractivity contribution is 0.340. The Bertz CT molecular complexity index is 709. The number of nitrogens with one attached hydrogen (secondary N) is 1. The summed E-state index contributed by atoms with van der Waals surface area (Å²) in [5.74, 6) is 1.90. The molecule has 3 aromatic rings. The summed E-state index contributed by atoms with van der Waals surface area (Å²) in [7, 11) is 0. The number of hydrogen-bond donors (Lipinski definition) is 1. The number of hydrogen-bond acceptors (Lipinski definition) is 3. The summed E-state index contributed by atoms with van der Waals surface area (Å²) in [5.41, 5.74) is 3.38. The lowest BCUT2D eigenvalue weighted by atomic mass is 10.2. The Morgan fingerprint density at radius 2 is 2.00 bits per heavy atom. The summed E-state index contributed by atoms with van der Waals surface area (Å²) >= 11 is 1.75. The molecule has 0 saturated carbocycles. The van der Waals surface area contributed by atoms with Gasteiger partial charge in [0, 0.05) is 11.8 Å². The highest BCUT2D eigenvalue weighted by Gasteiger charge is 2.05. The summed E-state index contributed by atoms with van der Waals surface area (Å²) in [6.45, 7) is 2.67. The first-order chi connectivity index (χ1) is 10.3. The number of ether oxygens (including phenoxy) is 1. The van der Waals surface area contributed by atoms with E-state index in [1.165, 1.54) is 5.56 Å². The number of fused-ring (bicyclic) bond motifs is 1. The monoisotopic (exact) mass is 298 g/mol. The SMILES string of the molecule is CCOc1ccc2nc(SCCc3ccccc3)[nH]c2c1. The maximum absolute atomic E-state index is 5.51. The molecule has 1 N–H and O–H groups in total. The molecule has 4 heteroatoms. The first-order valence-electron chi connectivity index (χ1n) is 7.14. The zero-order valence-corrected chi connectivity index (χ0v) is 12.8. The molecule has 0 aliphatic heterocycles. The Kier molecular flexibility index (Phi) is 4.46. The van der Waals surface area contributed by atoms with Gasteiger partial charge < -0.3 is 9.72 Å². The van der Waals surface area contributed by atoms with Gasteiger partial charge in [-0.25, -0.2) is 4.98 Å². The van der Waals surface area contributed by atoms with Crippen molar-refractivity contribution in [3.05, 3.63) is 54.1 Å². The van der Waals surface area contributed by atoms with Gasteiger partial charge in [-0.2, -0.15) is 0 Å². The van der Waals surface area contributed by atoms with Crippen LogP contribution in [0.5, 0.6) is 5.75 Å². The lowest BCUT2D eigenvalue weighted by Crippen LogP contribution is -1.90. The first-order valence-corrected chi connectivity index (χ1v) is 8.13. The molecule has 0 aliphatic rings. The Labute approximate surface area is 128 Å². The molecule has 21 heavy (non-hydrogen) atoms. The van der Waals surface area contributed by atoms with E-state index in [-0.39, 0.29) is 0 Å². The lowest BCUT2D eigenvalue weighted by Gasteiger charge is -2.00. The molecule has 3 rings (SSSR count). The number of aryl methyl sites for hydroxylation is 1. The van der Waals surface area contributed by atoms with Crippen LogP contribution in [0.25, 0.3) is 11.0 Å². The van der Waals surface area contributed by atoms with Gasteiger partial charge in [-0.1, -0.05) is 42.1 Å². The molecule has 2 aromatic carbocycles. The maximum Gasteiger partial charge on any atom is 0.166 e. The molecule has 0 amide bonds. The molecule has 3 nitrogen and oxygen atoms in total. The van der Waals surface area contributed by atoms with Crippen molar-refractivity contribution in [3.8, 4) is 5.75 Å². The molecular weight excluding hydrogens is 280 g/mol. The van der Waals surface area contributed by atoms with E-state index < -0.39 is 0 Å². The maximum atomic E-state index is 5.51. The normalized spacial score (nSPS) is 10.9. The van der Waals surface area contributed by atoms with Gasteiger partial charge in [-0.05, 0) is 31.0 Å². The number of rotatable bonds is 6. The largest absolute Gasteiger partial charge is 0.494 e. The predicted octanol–water partition coefficient (Wildman–Crippen LogP) is 4.30. The number of aromatic nitrogens is 2. The van der Waals surface area contributed by atoms with E-state index in [2.05, 4.69) is 34.2 Å². The quantitative estimate of drug-likeness (QED) is 0.690. The van der Waals surface area contributed by atoms with E-state index in [9.17, 15) is 0 Å². The van der Waals surface area contributed by atoms with Crippen molar-refractivity contribution < 1.29 is 4.74 Å². The first kappa shape index (κ1) is 14.0. The third-order valence-electron chi connectivity index (χ3n) is 3.21. The molecule has 0 unspecified atom stereocenters. The zero-order chi connectivity index (χ0) is 14.5. The van der Waals surface area contributed by atoms with Crippen LogP contribution in [0, 0.1) is 0 Å². The second kappa shape index (κ2) is 6.68. The highest BCUT2D eigenvalue weighted by molar-refractivity contribution is 7.99. The Morgan fingerprint density at radius 3 is 2.81 bits per heavy atom. The number of benzene rings is 2. The van der Waals surface area contributed by atoms with E-state index in [1.54, 1.807) is 11.8 Å². The fourth-order valence-corrected chi connectivity index (χ4v) is 3.08. The van der Waals surface area contributed by atoms with Crippen LogP contribution in [0.1, 0.15) is 12.5 Å². The van der Waals surface area contributed by atoms with Crippen molar-refractivity contribution in [1.82, 2.24) is 9.97 Å². The van der Waals surface area contributed by atoms with Crippen LogP contribution in [0.3, 0.4) is 0 Å². The number of thioether (sulfide) groups is 1. The molecule has 0 atom stereocenters. The molecule has 0 fully saturated rings. The van der Waals surface area contributed by atoms with Gasteiger partial charge in [0.05, 0.1) is 17.6 Å². The molecule has 0 bridgehead atoms. The van der Waals surface area contributed by atoms with E-state index >= 15 is 0 Å². The van der Waals surface area contributed by atoms with Crippen molar-refractivity contribution in [2.24, 2.45) is 0 Å². The number of H-pyrrole nitrogens is 1. The minimum absolute atomic E-state index is 0.679. The van der Waals surface area contributed by atoms with Gasteiger partial charge in [0.15, 0.2) is 5.16 Å². The van der Waals surface area contributed by atoms with Crippen molar-refractivity contribution in [1.29, 1.82) is 0 Å². The summed E-state index contributed by atoms with van der Waals surface area (Å²) in [5, 5.41) is 0.967. The minimum atomic E-state index is 0.679. The number of nitrogens with zero attached hydrogens (tertiary/aromatic N) is 1. The van der Waals surface area contributed by atoms with Crippen molar-refractivity contribution in [2.45, 2.75) is 18.5 Å². The predicted molar refractivity (Wildman–Crippen MR) is 88.1 cm³/mol. The average molecular weight is 298 g/mol. The van der Waals surface area contributed by atoms with Crippen molar-refractivity contribution >= 4 is 22.8 Å². The van der Waals surface area contributed by atoms with Crippen LogP contribution in [0.4, 0.5) is 0 Å². The second-order valence-electron chi connectivity index (χ2n) is 4.74. The van der Waals surface area contributed by atoms with E-state index in [0.29, 0.717) is 6.61 Å². The highest BCUT2D eigenvalue weighted by Crippen LogP contribution is 2.23. The fourth-order valence-electron chi connectivity index (χ4n) is 2.20. The van der Waals surface area contributed by atoms with Gasteiger partial charge in [-0.15, -0.1) is 0 Å². The van der Waals surface area contributed by atoms with Crippen LogP contribution in [0.2, 0.25) is 0 Å². The zero-order valence-electron chi connectivity index (χ0n) is 12.0. The third kappa shape index (κ3) is 3.58. The molecule has 0 spiro atoms. The summed E-state index contributed by atoms with van der Waals surface area (Å²) in [4.78, 5) is 7.95. The van der Waals surface area contributed by atoms with Crippen LogP contribution in [-0.4, -0.2) is 22.3 Å². The molecule has 0 saturated heterocycles. The number of aromatic amines is 1. The summed E-state index contributed by atoms with van der Waals surface area (Å²) in [6, 6.07) is 16.5. The highest BCUT2D eigenvalue weighted by atomic mass is 32.2. The van der Waals surface area contributed by atoms with Gasteiger partial charge in [0.25, 0.3) is 0 Å². The van der Waals surface area contributed by atoms with Crippen molar-refractivity contribution in [3.63, 3.8) is 0 Å². The van der Waals surface area contributed by atoms with Gasteiger partial charge in [0.1, 0.15) is 5.75 Å². The standard InChI is InChI=1S/C17H18N2OS/c1-2-20-14-8-9-15-16(12-14)19-17(18-15)21-11-10-13-6-4-3-5-7-13/h3-9,12H,2,10-11H2,1H3,(H,18,19). The van der Waals surface area contributed by atoms with Gasteiger partial charge >= 0.3 is 0 Å². The minimum Gasteiger partial charge on any atom is -0.494 e. The molecule has 0 radical (unpaired) electrons. The molecule has 0 aliphatic carbocycles. The number of imidazole rings is 1. The van der Waals surface area contributed by atoms with E-state index in [4.69, 9.17) is 4.74 Å². The molecule has 1 aromatic heterocycles. The Balaban J connectivity index is 1.64. The fraction of sp³-hybridized carbons (Fsp3) is 0.235.